The van der Waals surface area contributed by atoms with E-state index in [-0.39, 0.29) is 0 Å². The number of rotatable bonds is 7. The van der Waals surface area contributed by atoms with E-state index < -0.39 is 0 Å². The molecule has 2 aliphatic carbocycles. The predicted molar refractivity (Wildman–Crippen MR) is 98.7 cm³/mol. The van der Waals surface area contributed by atoms with Crippen LogP contribution in [0.4, 0.5) is 0 Å². The lowest BCUT2D eigenvalue weighted by molar-refractivity contribution is 0.580. The molecule has 6 nitrogen and oxygen atoms in total. The minimum Gasteiger partial charge on any atom is -0.352 e. The van der Waals surface area contributed by atoms with Crippen molar-refractivity contribution in [3.8, 4) is 0 Å². The third-order valence-corrected chi connectivity index (χ3v) is 4.41. The van der Waals surface area contributed by atoms with E-state index in [0.717, 1.165) is 18.4 Å². The van der Waals surface area contributed by atoms with Gasteiger partial charge in [0.15, 0.2) is 5.84 Å². The van der Waals surface area contributed by atoms with Gasteiger partial charge in [-0.2, -0.15) is 4.99 Å². The molecule has 2 aliphatic rings. The van der Waals surface area contributed by atoms with Crippen LogP contribution in [0.2, 0.25) is 0 Å². The third-order valence-electron chi connectivity index (χ3n) is 4.41. The molecule has 0 spiro atoms. The molecule has 0 aromatic carbocycles. The number of aliphatic imine (C=N–C) groups is 3. The van der Waals surface area contributed by atoms with Crippen molar-refractivity contribution in [2.45, 2.75) is 38.6 Å². The average Bonchev–Trinajstić information content (AvgIpc) is 3.49. The molecule has 0 amide bonds. The van der Waals surface area contributed by atoms with Crippen molar-refractivity contribution in [1.29, 1.82) is 0 Å². The van der Waals surface area contributed by atoms with Crippen molar-refractivity contribution >= 4 is 18.5 Å². The zero-order chi connectivity index (χ0) is 16.8. The molecule has 1 atom stereocenters. The maximum atomic E-state index is 4.58. The highest BCUT2D eigenvalue weighted by Gasteiger charge is 2.28. The van der Waals surface area contributed by atoms with E-state index in [4.69, 9.17) is 0 Å². The summed E-state index contributed by atoms with van der Waals surface area (Å²) >= 11 is 0. The Kier molecular flexibility index (Phi) is 5.69. The molecular weight excluding hydrogens is 300 g/mol. The van der Waals surface area contributed by atoms with Crippen molar-refractivity contribution in [2.24, 2.45) is 26.8 Å². The summed E-state index contributed by atoms with van der Waals surface area (Å²) in [4.78, 5) is 17.5. The number of hydrogen-bond donors (Lipinski definition) is 2. The molecule has 0 saturated heterocycles. The molecule has 1 aromatic rings. The van der Waals surface area contributed by atoms with Crippen LogP contribution in [0.3, 0.4) is 0 Å². The van der Waals surface area contributed by atoms with E-state index in [1.807, 2.05) is 18.2 Å². The van der Waals surface area contributed by atoms with Crippen molar-refractivity contribution in [2.75, 3.05) is 13.2 Å². The Bertz CT molecular complexity index is 601. The summed E-state index contributed by atoms with van der Waals surface area (Å²) in [6.45, 7) is 7.40. The highest BCUT2D eigenvalue weighted by atomic mass is 15.2. The van der Waals surface area contributed by atoms with Gasteiger partial charge in [-0.1, -0.05) is 6.07 Å². The second kappa shape index (κ2) is 8.15. The Hall–Kier alpha value is -2.08. The number of hydrogen-bond acceptors (Lipinski definition) is 3. The molecule has 24 heavy (non-hydrogen) atoms. The molecule has 1 unspecified atom stereocenters. The predicted octanol–water partition coefficient (Wildman–Crippen LogP) is 2.23. The smallest absolute Gasteiger partial charge is 0.221 e. The molecule has 2 fully saturated rings. The molecule has 0 aliphatic heterocycles. The van der Waals surface area contributed by atoms with Crippen molar-refractivity contribution in [3.63, 3.8) is 0 Å². The van der Waals surface area contributed by atoms with Gasteiger partial charge in [0, 0.05) is 12.2 Å². The van der Waals surface area contributed by atoms with Gasteiger partial charge >= 0.3 is 0 Å². The van der Waals surface area contributed by atoms with Crippen LogP contribution in [0, 0.1) is 11.8 Å². The Labute approximate surface area is 143 Å². The van der Waals surface area contributed by atoms with Gasteiger partial charge in [-0.15, -0.1) is 0 Å². The van der Waals surface area contributed by atoms with Crippen molar-refractivity contribution in [3.05, 3.63) is 30.1 Å². The first-order valence-corrected chi connectivity index (χ1v) is 8.75. The summed E-state index contributed by atoms with van der Waals surface area (Å²) in [5, 5.41) is 6.79. The van der Waals surface area contributed by atoms with Crippen LogP contribution >= 0.6 is 0 Å². The van der Waals surface area contributed by atoms with Crippen LogP contribution in [0.15, 0.2) is 39.4 Å². The number of aromatic nitrogens is 1. The standard InChI is InChI=1S/C18H26N6/c1-13(15-8-9-15)23-18(22-12-20-11-14-6-7-14)24-17(19-2)16-5-3-4-10-21-16/h3-5,10,13-15,20H,2,6-9,11-12H2,1H3,(H,22,23)/b24-17-. The largest absolute Gasteiger partial charge is 0.352 e. The van der Waals surface area contributed by atoms with Gasteiger partial charge in [-0.25, -0.2) is 9.98 Å². The maximum Gasteiger partial charge on any atom is 0.221 e. The number of nitrogens with zero attached hydrogens (tertiary/aromatic N) is 4. The lowest BCUT2D eigenvalue weighted by Crippen LogP contribution is -2.34. The van der Waals surface area contributed by atoms with Gasteiger partial charge in [-0.3, -0.25) is 10.3 Å². The number of pyridine rings is 1. The number of guanidine groups is 1. The molecule has 2 N–H and O–H groups in total. The van der Waals surface area contributed by atoms with Gasteiger partial charge in [0.25, 0.3) is 0 Å². The van der Waals surface area contributed by atoms with E-state index in [2.05, 4.69) is 44.2 Å². The van der Waals surface area contributed by atoms with Crippen LogP contribution in [-0.2, 0) is 0 Å². The Morgan fingerprint density at radius 3 is 2.79 bits per heavy atom. The van der Waals surface area contributed by atoms with E-state index in [1.165, 1.54) is 25.7 Å². The first-order chi connectivity index (χ1) is 11.8. The molecule has 128 valence electrons. The van der Waals surface area contributed by atoms with Gasteiger partial charge in [0.1, 0.15) is 5.69 Å². The van der Waals surface area contributed by atoms with Crippen LogP contribution < -0.4 is 10.6 Å². The minimum absolute atomic E-state index is 0.366. The van der Waals surface area contributed by atoms with Gasteiger partial charge in [0.05, 0.1) is 6.67 Å². The normalized spacial score (nSPS) is 19.9. The van der Waals surface area contributed by atoms with E-state index in [0.29, 0.717) is 30.2 Å². The summed E-state index contributed by atoms with van der Waals surface area (Å²) in [5.74, 6) is 2.65. The van der Waals surface area contributed by atoms with Crippen LogP contribution in [0.5, 0.6) is 0 Å². The highest BCUT2D eigenvalue weighted by Crippen LogP contribution is 2.32. The van der Waals surface area contributed by atoms with Crippen molar-refractivity contribution in [1.82, 2.24) is 15.6 Å². The monoisotopic (exact) mass is 326 g/mol. The molecule has 0 bridgehead atoms. The zero-order valence-corrected chi connectivity index (χ0v) is 14.3. The molecule has 0 radical (unpaired) electrons. The lowest BCUT2D eigenvalue weighted by Gasteiger charge is -2.14. The Balaban J connectivity index is 1.69. The SMILES string of the molecule is C=N/C(=N\C(=N/CNCC1CC1)NC(C)C1CC1)c1ccccn1. The first kappa shape index (κ1) is 16.8. The average molecular weight is 326 g/mol. The summed E-state index contributed by atoms with van der Waals surface area (Å²) in [6, 6.07) is 6.03. The van der Waals surface area contributed by atoms with E-state index in [1.54, 1.807) is 6.20 Å². The third kappa shape index (κ3) is 5.23. The van der Waals surface area contributed by atoms with Crippen LogP contribution in [-0.4, -0.2) is 42.8 Å². The Morgan fingerprint density at radius 2 is 2.17 bits per heavy atom. The topological polar surface area (TPSA) is 74.0 Å². The van der Waals surface area contributed by atoms with Crippen LogP contribution in [0.25, 0.3) is 0 Å². The molecular formula is C18H26N6. The minimum atomic E-state index is 0.366. The Morgan fingerprint density at radius 1 is 1.33 bits per heavy atom. The van der Waals surface area contributed by atoms with Gasteiger partial charge in [0.2, 0.25) is 5.96 Å². The molecule has 6 heteroatoms. The highest BCUT2D eigenvalue weighted by molar-refractivity contribution is 6.06. The van der Waals surface area contributed by atoms with E-state index >= 15 is 0 Å². The van der Waals surface area contributed by atoms with Crippen molar-refractivity contribution < 1.29 is 0 Å². The first-order valence-electron chi connectivity index (χ1n) is 8.75. The quantitative estimate of drug-likeness (QED) is 0.458. The second-order valence-electron chi connectivity index (χ2n) is 6.62. The molecule has 3 rings (SSSR count). The van der Waals surface area contributed by atoms with Crippen LogP contribution in [0.1, 0.15) is 38.3 Å². The van der Waals surface area contributed by atoms with Gasteiger partial charge < -0.3 is 5.32 Å². The van der Waals surface area contributed by atoms with E-state index in [9.17, 15) is 0 Å². The fraction of sp³-hybridized carbons (Fsp3) is 0.556. The lowest BCUT2D eigenvalue weighted by atomic mass is 10.2. The summed E-state index contributed by atoms with van der Waals surface area (Å²) in [6.07, 6.45) is 6.95. The zero-order valence-electron chi connectivity index (χ0n) is 14.3. The molecule has 1 aromatic heterocycles. The summed E-state index contributed by atoms with van der Waals surface area (Å²) in [7, 11) is 0. The molecule has 1 heterocycles. The number of amidine groups is 1. The molecule has 2 saturated carbocycles. The van der Waals surface area contributed by atoms with Gasteiger partial charge in [-0.05, 0) is 69.8 Å². The maximum absolute atomic E-state index is 4.58. The second-order valence-corrected chi connectivity index (χ2v) is 6.62. The number of nitrogens with one attached hydrogen (secondary N) is 2. The fourth-order valence-corrected chi connectivity index (χ4v) is 2.52. The fourth-order valence-electron chi connectivity index (χ4n) is 2.52. The summed E-state index contributed by atoms with van der Waals surface area (Å²) < 4.78 is 0. The summed E-state index contributed by atoms with van der Waals surface area (Å²) in [5.41, 5.74) is 0.701.